The first kappa shape index (κ1) is 19.2. The number of sulfonamides is 1. The molecule has 0 spiro atoms. The van der Waals surface area contributed by atoms with Crippen LogP contribution in [0.2, 0.25) is 0 Å². The summed E-state index contributed by atoms with van der Waals surface area (Å²) in [5, 5.41) is 0. The Hall–Kier alpha value is -1.61. The zero-order valence-electron chi connectivity index (χ0n) is 14.9. The third-order valence-corrected chi connectivity index (χ3v) is 6.88. The minimum Gasteiger partial charge on any atom is -0.207 e. The second-order valence-corrected chi connectivity index (χ2v) is 9.27. The Kier molecular flexibility index (Phi) is 5.86. The van der Waals surface area contributed by atoms with Crippen LogP contribution in [0.4, 0.5) is 0 Å². The average molecular weight is 432 g/mol. The lowest BCUT2D eigenvalue weighted by Crippen LogP contribution is -2.14. The van der Waals surface area contributed by atoms with E-state index in [-0.39, 0.29) is 12.1 Å². The van der Waals surface area contributed by atoms with Crippen LogP contribution in [0.1, 0.15) is 43.4 Å². The van der Waals surface area contributed by atoms with E-state index in [1.807, 2.05) is 43.3 Å². The van der Waals surface area contributed by atoms with Gasteiger partial charge in [0.25, 0.3) is 0 Å². The Morgan fingerprint density at radius 1 is 1.08 bits per heavy atom. The summed E-state index contributed by atoms with van der Waals surface area (Å²) in [4.78, 5) is 0.322. The standard InChI is InChI=1S/C21H22BrNO2S/c1-3-4-5-6-7-20-21(17-10-12-18(22)13-11-17)23(20)26(24,25)19-14-8-16(2)9-15-19/h8-15,20-21H,3-5H2,1-2H3. The van der Waals surface area contributed by atoms with Crippen LogP contribution in [0.25, 0.3) is 0 Å². The first-order chi connectivity index (χ1) is 12.4. The summed E-state index contributed by atoms with van der Waals surface area (Å²) in [5.41, 5.74) is 2.01. The molecule has 0 aliphatic carbocycles. The maximum Gasteiger partial charge on any atom is 0.244 e. The molecule has 0 aromatic heterocycles. The molecule has 2 aromatic carbocycles. The van der Waals surface area contributed by atoms with Crippen molar-refractivity contribution >= 4 is 26.0 Å². The summed E-state index contributed by atoms with van der Waals surface area (Å²) in [6.45, 7) is 4.07. The van der Waals surface area contributed by atoms with Crippen LogP contribution in [0.5, 0.6) is 0 Å². The molecule has 1 heterocycles. The Balaban J connectivity index is 1.91. The van der Waals surface area contributed by atoms with Crippen molar-refractivity contribution in [3.05, 3.63) is 64.1 Å². The number of halogens is 1. The summed E-state index contributed by atoms with van der Waals surface area (Å²) < 4.78 is 28.7. The van der Waals surface area contributed by atoms with Crippen molar-refractivity contribution in [1.82, 2.24) is 4.31 Å². The van der Waals surface area contributed by atoms with Gasteiger partial charge in [-0.25, -0.2) is 8.42 Å². The van der Waals surface area contributed by atoms with Crippen LogP contribution >= 0.6 is 15.9 Å². The number of hydrogen-bond donors (Lipinski definition) is 0. The summed E-state index contributed by atoms with van der Waals surface area (Å²) in [5.74, 6) is 6.33. The van der Waals surface area contributed by atoms with Gasteiger partial charge < -0.3 is 0 Å². The molecule has 136 valence electrons. The molecule has 0 N–H and O–H groups in total. The molecule has 5 heteroatoms. The van der Waals surface area contributed by atoms with Crippen LogP contribution in [0.15, 0.2) is 57.9 Å². The summed E-state index contributed by atoms with van der Waals surface area (Å²) in [7, 11) is -3.56. The first-order valence-corrected chi connectivity index (χ1v) is 11.0. The van der Waals surface area contributed by atoms with Crippen molar-refractivity contribution in [2.75, 3.05) is 0 Å². The largest absolute Gasteiger partial charge is 0.244 e. The van der Waals surface area contributed by atoms with Gasteiger partial charge in [0.1, 0.15) is 6.04 Å². The number of rotatable bonds is 5. The lowest BCUT2D eigenvalue weighted by atomic mass is 10.1. The minimum atomic E-state index is -3.56. The molecule has 3 atom stereocenters. The molecule has 0 radical (unpaired) electrons. The molecule has 3 nitrogen and oxygen atoms in total. The first-order valence-electron chi connectivity index (χ1n) is 8.79. The van der Waals surface area contributed by atoms with Crippen molar-refractivity contribution < 1.29 is 8.42 Å². The fraction of sp³-hybridized carbons (Fsp3) is 0.333. The van der Waals surface area contributed by atoms with E-state index in [0.717, 1.165) is 34.9 Å². The Morgan fingerprint density at radius 2 is 1.73 bits per heavy atom. The summed E-state index contributed by atoms with van der Waals surface area (Å²) in [6, 6.07) is 14.3. The topological polar surface area (TPSA) is 37.1 Å². The van der Waals surface area contributed by atoms with E-state index in [2.05, 4.69) is 34.7 Å². The molecule has 1 aliphatic rings. The summed E-state index contributed by atoms with van der Waals surface area (Å²) in [6.07, 6.45) is 2.92. The van der Waals surface area contributed by atoms with Gasteiger partial charge in [0.15, 0.2) is 0 Å². The van der Waals surface area contributed by atoms with E-state index in [0.29, 0.717) is 4.90 Å². The Labute approximate surface area is 164 Å². The van der Waals surface area contributed by atoms with Gasteiger partial charge in [-0.15, -0.1) is 5.92 Å². The number of unbranched alkanes of at least 4 members (excludes halogenated alkanes) is 2. The highest BCUT2D eigenvalue weighted by atomic mass is 79.9. The van der Waals surface area contributed by atoms with Gasteiger partial charge in [-0.05, 0) is 43.2 Å². The van der Waals surface area contributed by atoms with Crippen molar-refractivity contribution in [2.45, 2.75) is 50.1 Å². The highest BCUT2D eigenvalue weighted by molar-refractivity contribution is 9.10. The molecule has 3 unspecified atom stereocenters. The highest BCUT2D eigenvalue weighted by Gasteiger charge is 2.55. The molecule has 3 rings (SSSR count). The van der Waals surface area contributed by atoms with Gasteiger partial charge in [0, 0.05) is 10.9 Å². The van der Waals surface area contributed by atoms with Crippen LogP contribution in [0.3, 0.4) is 0 Å². The average Bonchev–Trinajstić information content (AvgIpc) is 3.35. The van der Waals surface area contributed by atoms with Gasteiger partial charge >= 0.3 is 0 Å². The molecule has 26 heavy (non-hydrogen) atoms. The van der Waals surface area contributed by atoms with Crippen molar-refractivity contribution in [3.8, 4) is 11.8 Å². The number of nitrogens with zero attached hydrogens (tertiary/aromatic N) is 1. The van der Waals surface area contributed by atoms with Gasteiger partial charge in [0.05, 0.1) is 10.9 Å². The Morgan fingerprint density at radius 3 is 2.35 bits per heavy atom. The predicted octanol–water partition coefficient (Wildman–Crippen LogP) is 5.07. The quantitative estimate of drug-likeness (QED) is 0.376. The number of aryl methyl sites for hydroxylation is 1. The maximum atomic E-state index is 13.1. The molecule has 1 fully saturated rings. The van der Waals surface area contributed by atoms with Gasteiger partial charge in [0.2, 0.25) is 10.0 Å². The number of benzene rings is 2. The third-order valence-electron chi connectivity index (χ3n) is 4.47. The van der Waals surface area contributed by atoms with E-state index < -0.39 is 10.0 Å². The van der Waals surface area contributed by atoms with Gasteiger partial charge in [-0.3, -0.25) is 0 Å². The minimum absolute atomic E-state index is 0.219. The molecular formula is C21H22BrNO2S. The van der Waals surface area contributed by atoms with E-state index in [1.165, 1.54) is 4.31 Å². The third kappa shape index (κ3) is 4.03. The fourth-order valence-electron chi connectivity index (χ4n) is 2.92. The molecule has 2 aromatic rings. The smallest absolute Gasteiger partial charge is 0.207 e. The van der Waals surface area contributed by atoms with E-state index in [1.54, 1.807) is 12.1 Å². The van der Waals surface area contributed by atoms with E-state index in [4.69, 9.17) is 0 Å². The molecule has 1 saturated heterocycles. The molecule has 0 saturated carbocycles. The van der Waals surface area contributed by atoms with Crippen molar-refractivity contribution in [2.24, 2.45) is 0 Å². The molecular weight excluding hydrogens is 410 g/mol. The van der Waals surface area contributed by atoms with Crippen LogP contribution in [-0.2, 0) is 10.0 Å². The highest BCUT2D eigenvalue weighted by Crippen LogP contribution is 2.47. The van der Waals surface area contributed by atoms with Crippen LogP contribution in [-0.4, -0.2) is 18.8 Å². The van der Waals surface area contributed by atoms with Crippen molar-refractivity contribution in [3.63, 3.8) is 0 Å². The predicted molar refractivity (Wildman–Crippen MR) is 108 cm³/mol. The lowest BCUT2D eigenvalue weighted by molar-refractivity contribution is 0.551. The number of hydrogen-bond acceptors (Lipinski definition) is 2. The zero-order chi connectivity index (χ0) is 18.7. The monoisotopic (exact) mass is 431 g/mol. The van der Waals surface area contributed by atoms with Crippen molar-refractivity contribution in [1.29, 1.82) is 0 Å². The SMILES string of the molecule is CCCCC#CC1C(c2ccc(Br)cc2)N1S(=O)(=O)c1ccc(C)cc1. The second kappa shape index (κ2) is 7.96. The maximum absolute atomic E-state index is 13.1. The summed E-state index contributed by atoms with van der Waals surface area (Å²) >= 11 is 3.43. The van der Waals surface area contributed by atoms with Crippen LogP contribution in [0, 0.1) is 18.8 Å². The van der Waals surface area contributed by atoms with Gasteiger partial charge in [-0.1, -0.05) is 65.0 Å². The Bertz CT molecular complexity index is 925. The fourth-order valence-corrected chi connectivity index (χ4v) is 4.85. The van der Waals surface area contributed by atoms with Gasteiger partial charge in [-0.2, -0.15) is 4.31 Å². The lowest BCUT2D eigenvalue weighted by Gasteiger charge is -2.07. The molecule has 1 aliphatic heterocycles. The van der Waals surface area contributed by atoms with E-state index in [9.17, 15) is 8.42 Å². The zero-order valence-corrected chi connectivity index (χ0v) is 17.3. The normalized spacial score (nSPS) is 21.7. The van der Waals surface area contributed by atoms with Crippen LogP contribution < -0.4 is 0 Å². The molecule has 0 bridgehead atoms. The molecule has 0 amide bonds. The van der Waals surface area contributed by atoms with E-state index >= 15 is 0 Å². The second-order valence-electron chi connectivity index (χ2n) is 6.51.